The maximum atomic E-state index is 10.1. The lowest BCUT2D eigenvalue weighted by Crippen LogP contribution is -3.14. The van der Waals surface area contributed by atoms with Crippen LogP contribution >= 0.6 is 0 Å². The minimum Gasteiger partial charge on any atom is -0.486 e. The summed E-state index contributed by atoms with van der Waals surface area (Å²) in [6.07, 6.45) is 3.37. The molecule has 0 bridgehead atoms. The highest BCUT2D eigenvalue weighted by molar-refractivity contribution is 5.40. The smallest absolute Gasteiger partial charge is 0.161 e. The third-order valence-electron chi connectivity index (χ3n) is 4.27. The van der Waals surface area contributed by atoms with Crippen molar-refractivity contribution in [2.24, 2.45) is 0 Å². The van der Waals surface area contributed by atoms with E-state index in [-0.39, 0.29) is 6.10 Å². The van der Waals surface area contributed by atoms with Crippen molar-refractivity contribution in [1.82, 2.24) is 0 Å². The van der Waals surface area contributed by atoms with Gasteiger partial charge in [-0.25, -0.2) is 0 Å². The molecule has 22 heavy (non-hydrogen) atoms. The maximum Gasteiger partial charge on any atom is 0.161 e. The molecule has 5 heteroatoms. The molecule has 2 heterocycles. The first kappa shape index (κ1) is 15.6. The SMILES string of the molecule is O[C@@H](COC[C@@H]1COc2ccccc2O1)C[NH+]1CCCCC1. The van der Waals surface area contributed by atoms with Crippen molar-refractivity contribution in [1.29, 1.82) is 0 Å². The molecule has 0 spiro atoms. The number of likely N-dealkylation sites (tertiary alicyclic amines) is 1. The lowest BCUT2D eigenvalue weighted by atomic mass is 10.1. The molecule has 1 saturated heterocycles. The van der Waals surface area contributed by atoms with E-state index in [0.29, 0.717) is 19.8 Å². The van der Waals surface area contributed by atoms with Crippen molar-refractivity contribution in [3.8, 4) is 11.5 Å². The summed E-state index contributed by atoms with van der Waals surface area (Å²) >= 11 is 0. The van der Waals surface area contributed by atoms with Crippen LogP contribution in [-0.4, -0.2) is 56.8 Å². The first-order valence-electron chi connectivity index (χ1n) is 8.29. The van der Waals surface area contributed by atoms with Gasteiger partial charge >= 0.3 is 0 Å². The summed E-state index contributed by atoms with van der Waals surface area (Å²) in [5.74, 6) is 1.55. The Balaban J connectivity index is 1.35. The summed E-state index contributed by atoms with van der Waals surface area (Å²) in [4.78, 5) is 1.49. The van der Waals surface area contributed by atoms with Crippen molar-refractivity contribution in [2.45, 2.75) is 31.5 Å². The van der Waals surface area contributed by atoms with E-state index in [9.17, 15) is 5.11 Å². The molecule has 122 valence electrons. The molecule has 2 aliphatic heterocycles. The lowest BCUT2D eigenvalue weighted by Gasteiger charge is -2.27. The van der Waals surface area contributed by atoms with Gasteiger partial charge in [0.25, 0.3) is 0 Å². The molecule has 2 atom stereocenters. The number of aliphatic hydroxyl groups excluding tert-OH is 1. The highest BCUT2D eigenvalue weighted by Crippen LogP contribution is 2.30. The van der Waals surface area contributed by atoms with Crippen molar-refractivity contribution < 1.29 is 24.2 Å². The van der Waals surface area contributed by atoms with E-state index >= 15 is 0 Å². The average molecular weight is 308 g/mol. The fourth-order valence-corrected chi connectivity index (χ4v) is 3.13. The van der Waals surface area contributed by atoms with Gasteiger partial charge in [-0.3, -0.25) is 0 Å². The summed E-state index contributed by atoms with van der Waals surface area (Å²) in [6.45, 7) is 4.43. The van der Waals surface area contributed by atoms with E-state index in [0.717, 1.165) is 18.0 Å². The summed E-state index contributed by atoms with van der Waals surface area (Å²) in [6, 6.07) is 7.66. The van der Waals surface area contributed by atoms with Crippen LogP contribution in [0.1, 0.15) is 19.3 Å². The second-order valence-electron chi connectivity index (χ2n) is 6.20. The number of piperidine rings is 1. The van der Waals surface area contributed by atoms with Crippen molar-refractivity contribution >= 4 is 0 Å². The highest BCUT2D eigenvalue weighted by atomic mass is 16.6. The fourth-order valence-electron chi connectivity index (χ4n) is 3.13. The zero-order valence-electron chi connectivity index (χ0n) is 13.0. The Morgan fingerprint density at radius 1 is 1.18 bits per heavy atom. The van der Waals surface area contributed by atoms with Crippen LogP contribution in [0.25, 0.3) is 0 Å². The minimum absolute atomic E-state index is 0.107. The maximum absolute atomic E-state index is 10.1. The number of para-hydroxylation sites is 2. The molecular formula is C17H26NO4+. The number of quaternary nitrogens is 1. The zero-order chi connectivity index (χ0) is 15.2. The van der Waals surface area contributed by atoms with Gasteiger partial charge in [0.2, 0.25) is 0 Å². The second-order valence-corrected chi connectivity index (χ2v) is 6.20. The van der Waals surface area contributed by atoms with Crippen LogP contribution in [0.5, 0.6) is 11.5 Å². The summed E-state index contributed by atoms with van der Waals surface area (Å²) in [7, 11) is 0. The largest absolute Gasteiger partial charge is 0.486 e. The van der Waals surface area contributed by atoms with Gasteiger partial charge in [-0.05, 0) is 31.4 Å². The Morgan fingerprint density at radius 2 is 1.95 bits per heavy atom. The average Bonchev–Trinajstić information content (AvgIpc) is 2.55. The van der Waals surface area contributed by atoms with Crippen LogP contribution < -0.4 is 14.4 Å². The predicted molar refractivity (Wildman–Crippen MR) is 82.6 cm³/mol. The molecule has 5 nitrogen and oxygen atoms in total. The molecule has 1 aromatic carbocycles. The van der Waals surface area contributed by atoms with Crippen LogP contribution in [0.4, 0.5) is 0 Å². The standard InChI is InChI=1S/C17H25NO4/c19-14(10-18-8-4-1-5-9-18)11-20-12-15-13-21-16-6-2-3-7-17(16)22-15/h2-3,6-7,14-15,19H,1,4-5,8-13H2/p+1/t14-,15-/m1/s1. The Labute approximate surface area is 131 Å². The Kier molecular flexibility index (Phi) is 5.53. The molecule has 0 radical (unpaired) electrons. The number of nitrogens with one attached hydrogen (secondary N) is 1. The molecule has 2 aliphatic rings. The Hall–Kier alpha value is -1.30. The second kappa shape index (κ2) is 7.81. The number of aliphatic hydroxyl groups is 1. The van der Waals surface area contributed by atoms with E-state index < -0.39 is 6.10 Å². The summed E-state index contributed by atoms with van der Waals surface area (Å²) in [5.41, 5.74) is 0. The molecule has 0 amide bonds. The number of benzene rings is 1. The molecular weight excluding hydrogens is 282 g/mol. The van der Waals surface area contributed by atoms with Gasteiger partial charge in [0.1, 0.15) is 19.3 Å². The van der Waals surface area contributed by atoms with Gasteiger partial charge < -0.3 is 24.2 Å². The summed E-state index contributed by atoms with van der Waals surface area (Å²) in [5, 5.41) is 10.1. The minimum atomic E-state index is -0.398. The first-order chi connectivity index (χ1) is 10.8. The van der Waals surface area contributed by atoms with Crippen LogP contribution in [-0.2, 0) is 4.74 Å². The molecule has 1 fully saturated rings. The number of fused-ring (bicyclic) bond motifs is 1. The van der Waals surface area contributed by atoms with E-state index in [4.69, 9.17) is 14.2 Å². The predicted octanol–water partition coefficient (Wildman–Crippen LogP) is 0.273. The molecule has 1 aromatic rings. The van der Waals surface area contributed by atoms with Crippen molar-refractivity contribution in [3.63, 3.8) is 0 Å². The number of rotatable bonds is 6. The molecule has 0 aromatic heterocycles. The third kappa shape index (κ3) is 4.35. The fraction of sp³-hybridized carbons (Fsp3) is 0.647. The molecule has 2 N–H and O–H groups in total. The molecule has 0 aliphatic carbocycles. The number of hydrogen-bond donors (Lipinski definition) is 2. The van der Waals surface area contributed by atoms with Crippen molar-refractivity contribution in [2.75, 3.05) is 39.5 Å². The number of hydrogen-bond acceptors (Lipinski definition) is 4. The third-order valence-corrected chi connectivity index (χ3v) is 4.27. The van der Waals surface area contributed by atoms with Crippen LogP contribution in [0.2, 0.25) is 0 Å². The van der Waals surface area contributed by atoms with Gasteiger partial charge in [-0.1, -0.05) is 12.1 Å². The Morgan fingerprint density at radius 3 is 2.77 bits per heavy atom. The quantitative estimate of drug-likeness (QED) is 0.792. The molecule has 3 rings (SSSR count). The molecule has 0 saturated carbocycles. The monoisotopic (exact) mass is 308 g/mol. The van der Waals surface area contributed by atoms with Gasteiger partial charge in [0.15, 0.2) is 17.6 Å². The van der Waals surface area contributed by atoms with Crippen molar-refractivity contribution in [3.05, 3.63) is 24.3 Å². The topological polar surface area (TPSA) is 52.4 Å². The lowest BCUT2D eigenvalue weighted by molar-refractivity contribution is -0.908. The van der Waals surface area contributed by atoms with Crippen LogP contribution in [0.15, 0.2) is 24.3 Å². The normalized spacial score (nSPS) is 23.2. The Bertz CT molecular complexity index is 462. The van der Waals surface area contributed by atoms with Crippen LogP contribution in [0, 0.1) is 0 Å². The van der Waals surface area contributed by atoms with E-state index in [1.807, 2.05) is 24.3 Å². The number of ether oxygens (including phenoxy) is 3. The van der Waals surface area contributed by atoms with E-state index in [1.165, 1.54) is 37.3 Å². The summed E-state index contributed by atoms with van der Waals surface area (Å²) < 4.78 is 17.1. The highest BCUT2D eigenvalue weighted by Gasteiger charge is 2.22. The van der Waals surface area contributed by atoms with E-state index in [2.05, 4.69) is 0 Å². The van der Waals surface area contributed by atoms with Gasteiger partial charge in [0, 0.05) is 0 Å². The van der Waals surface area contributed by atoms with Crippen LogP contribution in [0.3, 0.4) is 0 Å². The molecule has 0 unspecified atom stereocenters. The van der Waals surface area contributed by atoms with Gasteiger partial charge in [-0.2, -0.15) is 0 Å². The first-order valence-corrected chi connectivity index (χ1v) is 8.29. The zero-order valence-corrected chi connectivity index (χ0v) is 13.0. The van der Waals surface area contributed by atoms with E-state index in [1.54, 1.807) is 0 Å². The van der Waals surface area contributed by atoms with Gasteiger partial charge in [-0.15, -0.1) is 0 Å². The van der Waals surface area contributed by atoms with Gasteiger partial charge in [0.05, 0.1) is 26.3 Å².